The third-order valence-electron chi connectivity index (χ3n) is 5.08. The fraction of sp³-hybridized carbons (Fsp3) is 0.364. The maximum Gasteiger partial charge on any atom is 0.256 e. The molecule has 1 fully saturated rings. The van der Waals surface area contributed by atoms with E-state index in [4.69, 9.17) is 9.47 Å². The van der Waals surface area contributed by atoms with Crippen LogP contribution in [0.4, 0.5) is 5.69 Å². The molecule has 6 nitrogen and oxygen atoms in total. The Morgan fingerprint density at radius 3 is 2.36 bits per heavy atom. The molecule has 0 aliphatic carbocycles. The lowest BCUT2D eigenvalue weighted by Crippen LogP contribution is -2.42. The van der Waals surface area contributed by atoms with Gasteiger partial charge in [-0.05, 0) is 50.5 Å². The molecule has 1 atom stereocenters. The fourth-order valence-corrected chi connectivity index (χ4v) is 3.47. The Morgan fingerprint density at radius 1 is 1.04 bits per heavy atom. The smallest absolute Gasteiger partial charge is 0.256 e. The van der Waals surface area contributed by atoms with Crippen LogP contribution in [0, 0.1) is 0 Å². The summed E-state index contributed by atoms with van der Waals surface area (Å²) in [5.41, 5.74) is 1.39. The first-order valence-electron chi connectivity index (χ1n) is 9.48. The molecule has 0 saturated carbocycles. The highest BCUT2D eigenvalue weighted by Crippen LogP contribution is 2.26. The van der Waals surface area contributed by atoms with Crippen molar-refractivity contribution in [3.63, 3.8) is 0 Å². The number of anilines is 1. The highest BCUT2D eigenvalue weighted by atomic mass is 16.5. The number of nitrogens with zero attached hydrogens (tertiary/aromatic N) is 1. The van der Waals surface area contributed by atoms with E-state index >= 15 is 0 Å². The van der Waals surface area contributed by atoms with Gasteiger partial charge in [0.2, 0.25) is 0 Å². The summed E-state index contributed by atoms with van der Waals surface area (Å²) in [6.07, 6.45) is 3.15. The number of carbonyl (C=O) groups is 2. The SMILES string of the molecule is COc1cc(OC)cc(C(=O)Nc2ccccc2C(=O)N2CCCCC2C)c1. The molecule has 1 saturated heterocycles. The van der Waals surface area contributed by atoms with E-state index in [9.17, 15) is 9.59 Å². The Balaban J connectivity index is 1.85. The summed E-state index contributed by atoms with van der Waals surface area (Å²) in [4.78, 5) is 27.8. The van der Waals surface area contributed by atoms with Gasteiger partial charge in [-0.1, -0.05) is 12.1 Å². The van der Waals surface area contributed by atoms with Crippen molar-refractivity contribution in [1.82, 2.24) is 4.90 Å². The van der Waals surface area contributed by atoms with Crippen molar-refractivity contribution < 1.29 is 19.1 Å². The summed E-state index contributed by atoms with van der Waals surface area (Å²) < 4.78 is 10.5. The van der Waals surface area contributed by atoms with E-state index in [0.29, 0.717) is 28.3 Å². The topological polar surface area (TPSA) is 67.9 Å². The highest BCUT2D eigenvalue weighted by molar-refractivity contribution is 6.09. The molecule has 2 amide bonds. The molecule has 0 radical (unpaired) electrons. The third kappa shape index (κ3) is 4.27. The summed E-state index contributed by atoms with van der Waals surface area (Å²) in [6, 6.07) is 12.3. The molecule has 1 unspecified atom stereocenters. The number of methoxy groups -OCH3 is 2. The van der Waals surface area contributed by atoms with Crippen molar-refractivity contribution >= 4 is 17.5 Å². The van der Waals surface area contributed by atoms with Gasteiger partial charge in [0.15, 0.2) is 0 Å². The first-order valence-corrected chi connectivity index (χ1v) is 9.48. The number of hydrogen-bond donors (Lipinski definition) is 1. The van der Waals surface area contributed by atoms with Gasteiger partial charge in [-0.2, -0.15) is 0 Å². The molecule has 1 aliphatic heterocycles. The number of para-hydroxylation sites is 1. The minimum absolute atomic E-state index is 0.0497. The van der Waals surface area contributed by atoms with Gasteiger partial charge in [-0.3, -0.25) is 9.59 Å². The van der Waals surface area contributed by atoms with E-state index in [-0.39, 0.29) is 17.9 Å². The highest BCUT2D eigenvalue weighted by Gasteiger charge is 2.26. The van der Waals surface area contributed by atoms with Crippen LogP contribution in [0.15, 0.2) is 42.5 Å². The maximum absolute atomic E-state index is 13.1. The summed E-state index contributed by atoms with van der Waals surface area (Å²) in [5, 5.41) is 2.87. The third-order valence-corrected chi connectivity index (χ3v) is 5.08. The molecular weight excluding hydrogens is 356 g/mol. The quantitative estimate of drug-likeness (QED) is 0.850. The fourth-order valence-electron chi connectivity index (χ4n) is 3.47. The number of likely N-dealkylation sites (tertiary alicyclic amines) is 1. The molecule has 148 valence electrons. The normalized spacial score (nSPS) is 16.4. The number of rotatable bonds is 5. The maximum atomic E-state index is 13.1. The molecule has 28 heavy (non-hydrogen) atoms. The number of ether oxygens (including phenoxy) is 2. The zero-order valence-electron chi connectivity index (χ0n) is 16.5. The number of hydrogen-bond acceptors (Lipinski definition) is 4. The Hall–Kier alpha value is -3.02. The van der Waals surface area contributed by atoms with Crippen LogP contribution in [0.3, 0.4) is 0 Å². The lowest BCUT2D eigenvalue weighted by atomic mass is 10.0. The van der Waals surface area contributed by atoms with Gasteiger partial charge in [0.25, 0.3) is 11.8 Å². The predicted molar refractivity (Wildman–Crippen MR) is 108 cm³/mol. The lowest BCUT2D eigenvalue weighted by Gasteiger charge is -2.34. The average Bonchev–Trinajstić information content (AvgIpc) is 2.73. The Kier molecular flexibility index (Phi) is 6.19. The molecule has 0 bridgehead atoms. The standard InChI is InChI=1S/C22H26N2O4/c1-15-8-6-7-11-24(15)22(26)19-9-4-5-10-20(19)23-21(25)16-12-17(27-2)14-18(13-16)28-3/h4-5,9-10,12-15H,6-8,11H2,1-3H3,(H,23,25). The van der Waals surface area contributed by atoms with Gasteiger partial charge in [-0.25, -0.2) is 0 Å². The van der Waals surface area contributed by atoms with Crippen LogP contribution in [-0.2, 0) is 0 Å². The van der Waals surface area contributed by atoms with E-state index in [2.05, 4.69) is 12.2 Å². The number of carbonyl (C=O) groups excluding carboxylic acids is 2. The first kappa shape index (κ1) is 19.7. The molecule has 3 rings (SSSR count). The molecule has 1 N–H and O–H groups in total. The molecule has 0 aromatic heterocycles. The Morgan fingerprint density at radius 2 is 1.71 bits per heavy atom. The van der Waals surface area contributed by atoms with E-state index in [1.54, 1.807) is 36.4 Å². The zero-order valence-corrected chi connectivity index (χ0v) is 16.5. The second-order valence-corrected chi connectivity index (χ2v) is 6.94. The molecule has 6 heteroatoms. The van der Waals surface area contributed by atoms with Crippen LogP contribution in [0.2, 0.25) is 0 Å². The second-order valence-electron chi connectivity index (χ2n) is 6.94. The van der Waals surface area contributed by atoms with Crippen LogP contribution in [0.25, 0.3) is 0 Å². The van der Waals surface area contributed by atoms with Crippen LogP contribution < -0.4 is 14.8 Å². The molecule has 0 spiro atoms. The zero-order chi connectivity index (χ0) is 20.1. The Labute approximate surface area is 165 Å². The van der Waals surface area contributed by atoms with Crippen LogP contribution in [-0.4, -0.2) is 43.5 Å². The average molecular weight is 382 g/mol. The van der Waals surface area contributed by atoms with Crippen LogP contribution in [0.5, 0.6) is 11.5 Å². The molecule has 1 heterocycles. The number of piperidine rings is 1. The second kappa shape index (κ2) is 8.78. The van der Waals surface area contributed by atoms with Crippen molar-refractivity contribution in [2.45, 2.75) is 32.2 Å². The van der Waals surface area contributed by atoms with Crippen LogP contribution in [0.1, 0.15) is 46.9 Å². The van der Waals surface area contributed by atoms with Gasteiger partial charge in [0.05, 0.1) is 25.5 Å². The number of amides is 2. The monoisotopic (exact) mass is 382 g/mol. The first-order chi connectivity index (χ1) is 13.5. The molecule has 2 aromatic rings. The van der Waals surface area contributed by atoms with Crippen molar-refractivity contribution in [2.24, 2.45) is 0 Å². The predicted octanol–water partition coefficient (Wildman–Crippen LogP) is 3.97. The van der Waals surface area contributed by atoms with E-state index in [0.717, 1.165) is 25.8 Å². The Bertz CT molecular complexity index is 843. The number of nitrogens with one attached hydrogen (secondary N) is 1. The van der Waals surface area contributed by atoms with Crippen molar-refractivity contribution in [1.29, 1.82) is 0 Å². The van der Waals surface area contributed by atoms with Gasteiger partial charge in [-0.15, -0.1) is 0 Å². The molecule has 1 aliphatic rings. The summed E-state index contributed by atoms with van der Waals surface area (Å²) in [6.45, 7) is 2.82. The van der Waals surface area contributed by atoms with Gasteiger partial charge in [0.1, 0.15) is 11.5 Å². The minimum Gasteiger partial charge on any atom is -0.497 e. The van der Waals surface area contributed by atoms with E-state index in [1.807, 2.05) is 11.0 Å². The largest absolute Gasteiger partial charge is 0.497 e. The van der Waals surface area contributed by atoms with Gasteiger partial charge in [0, 0.05) is 24.2 Å². The summed E-state index contributed by atoms with van der Waals surface area (Å²) in [7, 11) is 3.06. The van der Waals surface area contributed by atoms with Crippen molar-refractivity contribution in [3.05, 3.63) is 53.6 Å². The van der Waals surface area contributed by atoms with Gasteiger partial charge >= 0.3 is 0 Å². The van der Waals surface area contributed by atoms with Gasteiger partial charge < -0.3 is 19.7 Å². The van der Waals surface area contributed by atoms with Crippen LogP contribution >= 0.6 is 0 Å². The lowest BCUT2D eigenvalue weighted by molar-refractivity contribution is 0.0636. The van der Waals surface area contributed by atoms with Crippen molar-refractivity contribution in [3.8, 4) is 11.5 Å². The molecular formula is C22H26N2O4. The van der Waals surface area contributed by atoms with E-state index in [1.165, 1.54) is 14.2 Å². The summed E-state index contributed by atoms with van der Waals surface area (Å²) in [5.74, 6) is 0.669. The van der Waals surface area contributed by atoms with Crippen molar-refractivity contribution in [2.75, 3.05) is 26.1 Å². The summed E-state index contributed by atoms with van der Waals surface area (Å²) >= 11 is 0. The minimum atomic E-state index is -0.329. The molecule has 2 aromatic carbocycles. The van der Waals surface area contributed by atoms with E-state index < -0.39 is 0 Å². The number of benzene rings is 2.